The smallest absolute Gasteiger partial charge is 0.407 e. The third-order valence-electron chi connectivity index (χ3n) is 6.52. The summed E-state index contributed by atoms with van der Waals surface area (Å²) in [6, 6.07) is 16.5. The highest BCUT2D eigenvalue weighted by molar-refractivity contribution is 5.87. The van der Waals surface area contributed by atoms with Crippen LogP contribution in [-0.2, 0) is 14.3 Å². The Labute approximate surface area is 199 Å². The molecule has 2 aromatic carbocycles. The van der Waals surface area contributed by atoms with E-state index in [1.807, 2.05) is 24.3 Å². The first kappa shape index (κ1) is 23.5. The molecule has 7 heteroatoms. The number of aliphatic carboxylic acids is 1. The van der Waals surface area contributed by atoms with Crippen LogP contribution < -0.4 is 5.32 Å². The number of hydrogen-bond donors (Lipinski definition) is 2. The predicted octanol–water partition coefficient (Wildman–Crippen LogP) is 4.33. The number of fused-ring (bicyclic) bond motifs is 3. The molecule has 0 unspecified atom stereocenters. The summed E-state index contributed by atoms with van der Waals surface area (Å²) in [5, 5.41) is 11.8. The van der Waals surface area contributed by atoms with Crippen LogP contribution in [0.4, 0.5) is 4.79 Å². The van der Waals surface area contributed by atoms with Crippen molar-refractivity contribution < 1.29 is 24.2 Å². The van der Waals surface area contributed by atoms with Crippen molar-refractivity contribution >= 4 is 18.0 Å². The summed E-state index contributed by atoms with van der Waals surface area (Å²) in [5.74, 6) is -0.818. The number of benzene rings is 2. The van der Waals surface area contributed by atoms with Crippen LogP contribution in [0.1, 0.15) is 49.1 Å². The van der Waals surface area contributed by atoms with Crippen molar-refractivity contribution in [2.75, 3.05) is 26.2 Å². The summed E-state index contributed by atoms with van der Waals surface area (Å²) >= 11 is 0. The van der Waals surface area contributed by atoms with Gasteiger partial charge in [0.15, 0.2) is 0 Å². The van der Waals surface area contributed by atoms with Crippen LogP contribution in [0.2, 0.25) is 0 Å². The van der Waals surface area contributed by atoms with Gasteiger partial charge in [0.2, 0.25) is 5.91 Å². The zero-order chi connectivity index (χ0) is 23.9. The zero-order valence-electron chi connectivity index (χ0n) is 19.2. The molecule has 2 amide bonds. The van der Waals surface area contributed by atoms with Crippen LogP contribution in [0.15, 0.2) is 60.2 Å². The van der Waals surface area contributed by atoms with Crippen molar-refractivity contribution in [3.8, 4) is 11.1 Å². The molecule has 0 aromatic heterocycles. The SMILES string of the molecule is O=C(NCCCCCC(=O)N1CC=C(C(=O)O)CC1)OCC1c2ccccc2-c2ccccc21. The summed E-state index contributed by atoms with van der Waals surface area (Å²) in [7, 11) is 0. The van der Waals surface area contributed by atoms with Crippen LogP contribution in [0.5, 0.6) is 0 Å². The van der Waals surface area contributed by atoms with E-state index in [1.165, 1.54) is 22.3 Å². The lowest BCUT2D eigenvalue weighted by Gasteiger charge is -2.25. The Morgan fingerprint density at radius 3 is 2.26 bits per heavy atom. The number of alkyl carbamates (subject to hydrolysis) is 1. The molecule has 1 heterocycles. The van der Waals surface area contributed by atoms with Gasteiger partial charge < -0.3 is 20.1 Å². The van der Waals surface area contributed by atoms with Crippen molar-refractivity contribution in [1.82, 2.24) is 10.2 Å². The second-order valence-electron chi connectivity index (χ2n) is 8.69. The van der Waals surface area contributed by atoms with Gasteiger partial charge in [-0.3, -0.25) is 4.79 Å². The summed E-state index contributed by atoms with van der Waals surface area (Å²) in [6.07, 6.45) is 4.33. The highest BCUT2D eigenvalue weighted by atomic mass is 16.5. The second kappa shape index (κ2) is 11.0. The molecule has 0 fully saturated rings. The third-order valence-corrected chi connectivity index (χ3v) is 6.52. The lowest BCUT2D eigenvalue weighted by molar-refractivity contribution is -0.135. The van der Waals surface area contributed by atoms with E-state index in [0.29, 0.717) is 44.7 Å². The summed E-state index contributed by atoms with van der Waals surface area (Å²) in [5.41, 5.74) is 5.14. The van der Waals surface area contributed by atoms with Gasteiger partial charge >= 0.3 is 12.1 Å². The molecule has 0 spiro atoms. The van der Waals surface area contributed by atoms with Gasteiger partial charge in [0, 0.05) is 37.5 Å². The maximum absolute atomic E-state index is 12.3. The van der Waals surface area contributed by atoms with E-state index in [9.17, 15) is 14.4 Å². The third kappa shape index (κ3) is 5.47. The normalized spacial score (nSPS) is 14.7. The highest BCUT2D eigenvalue weighted by Gasteiger charge is 2.29. The van der Waals surface area contributed by atoms with Crippen molar-refractivity contribution in [3.63, 3.8) is 0 Å². The molecular formula is C27H30N2O5. The number of hydrogen-bond acceptors (Lipinski definition) is 4. The average molecular weight is 463 g/mol. The fourth-order valence-corrected chi connectivity index (χ4v) is 4.67. The van der Waals surface area contributed by atoms with Crippen LogP contribution in [0, 0.1) is 0 Å². The molecule has 34 heavy (non-hydrogen) atoms. The molecule has 0 bridgehead atoms. The Bertz CT molecular complexity index is 1050. The number of nitrogens with zero attached hydrogens (tertiary/aromatic N) is 1. The number of nitrogens with one attached hydrogen (secondary N) is 1. The molecule has 2 aromatic rings. The Hall–Kier alpha value is -3.61. The molecule has 1 aliphatic carbocycles. The van der Waals surface area contributed by atoms with E-state index in [4.69, 9.17) is 9.84 Å². The first-order valence-electron chi connectivity index (χ1n) is 11.8. The molecular weight excluding hydrogens is 432 g/mol. The van der Waals surface area contributed by atoms with Gasteiger partial charge in [-0.05, 0) is 41.5 Å². The number of amides is 2. The van der Waals surface area contributed by atoms with Gasteiger partial charge in [-0.2, -0.15) is 0 Å². The Kier molecular flexibility index (Phi) is 7.62. The molecule has 4 rings (SSSR count). The van der Waals surface area contributed by atoms with Gasteiger partial charge in [0.25, 0.3) is 0 Å². The minimum Gasteiger partial charge on any atom is -0.478 e. The first-order valence-corrected chi connectivity index (χ1v) is 11.8. The molecule has 0 radical (unpaired) electrons. The van der Waals surface area contributed by atoms with Crippen LogP contribution in [0.3, 0.4) is 0 Å². The Morgan fingerprint density at radius 2 is 1.65 bits per heavy atom. The van der Waals surface area contributed by atoms with Gasteiger partial charge in [-0.25, -0.2) is 9.59 Å². The van der Waals surface area contributed by atoms with Crippen molar-refractivity contribution in [3.05, 3.63) is 71.3 Å². The summed E-state index contributed by atoms with van der Waals surface area (Å²) in [4.78, 5) is 37.1. The van der Waals surface area contributed by atoms with Gasteiger partial charge in [-0.1, -0.05) is 61.0 Å². The minimum atomic E-state index is -0.906. The molecule has 0 saturated carbocycles. The van der Waals surface area contributed by atoms with Crippen molar-refractivity contribution in [1.29, 1.82) is 0 Å². The molecule has 0 saturated heterocycles. The summed E-state index contributed by atoms with van der Waals surface area (Å²) < 4.78 is 5.53. The predicted molar refractivity (Wildman–Crippen MR) is 128 cm³/mol. The topological polar surface area (TPSA) is 95.9 Å². The van der Waals surface area contributed by atoms with E-state index in [0.717, 1.165) is 19.3 Å². The number of ether oxygens (including phenoxy) is 1. The fourth-order valence-electron chi connectivity index (χ4n) is 4.67. The molecule has 178 valence electrons. The highest BCUT2D eigenvalue weighted by Crippen LogP contribution is 2.44. The van der Waals surface area contributed by atoms with Crippen LogP contribution in [-0.4, -0.2) is 54.2 Å². The average Bonchev–Trinajstić information content (AvgIpc) is 3.18. The van der Waals surface area contributed by atoms with E-state index in [2.05, 4.69) is 29.6 Å². The number of carbonyl (C=O) groups is 3. The quantitative estimate of drug-likeness (QED) is 0.541. The van der Waals surface area contributed by atoms with E-state index < -0.39 is 12.1 Å². The molecule has 7 nitrogen and oxygen atoms in total. The van der Waals surface area contributed by atoms with Crippen LogP contribution >= 0.6 is 0 Å². The van der Waals surface area contributed by atoms with E-state index in [-0.39, 0.29) is 11.8 Å². The maximum Gasteiger partial charge on any atom is 0.407 e. The second-order valence-corrected chi connectivity index (χ2v) is 8.69. The minimum absolute atomic E-state index is 0.0420. The lowest BCUT2D eigenvalue weighted by Crippen LogP contribution is -2.35. The largest absolute Gasteiger partial charge is 0.478 e. The first-order chi connectivity index (χ1) is 16.5. The number of rotatable bonds is 9. The maximum atomic E-state index is 12.3. The lowest BCUT2D eigenvalue weighted by atomic mass is 9.98. The van der Waals surface area contributed by atoms with E-state index >= 15 is 0 Å². The van der Waals surface area contributed by atoms with Crippen molar-refractivity contribution in [2.45, 2.75) is 38.0 Å². The number of carbonyl (C=O) groups excluding carboxylic acids is 2. The van der Waals surface area contributed by atoms with Gasteiger partial charge in [0.05, 0.1) is 0 Å². The standard InChI is InChI=1S/C27H30N2O5/c30-25(29-16-13-19(14-17-29)26(31)32)12-2-1-7-15-28-27(33)34-18-24-22-10-5-3-8-20(22)21-9-4-6-11-23(21)24/h3-6,8-11,13,24H,1-2,7,12,14-18H2,(H,28,33)(H,31,32). The fraction of sp³-hybridized carbons (Fsp3) is 0.370. The van der Waals surface area contributed by atoms with E-state index in [1.54, 1.807) is 11.0 Å². The number of unbranched alkanes of at least 4 members (excludes halogenated alkanes) is 2. The summed E-state index contributed by atoms with van der Waals surface area (Å²) in [6.45, 7) is 1.62. The van der Waals surface area contributed by atoms with Gasteiger partial charge in [-0.15, -0.1) is 0 Å². The number of carboxylic acid groups (broad SMARTS) is 1. The molecule has 1 aliphatic heterocycles. The molecule has 0 atom stereocenters. The molecule has 2 aliphatic rings. The van der Waals surface area contributed by atoms with Crippen LogP contribution in [0.25, 0.3) is 11.1 Å². The zero-order valence-corrected chi connectivity index (χ0v) is 19.2. The van der Waals surface area contributed by atoms with Gasteiger partial charge in [0.1, 0.15) is 6.61 Å². The Balaban J connectivity index is 1.13. The Morgan fingerprint density at radius 1 is 0.971 bits per heavy atom. The van der Waals surface area contributed by atoms with Crippen molar-refractivity contribution in [2.24, 2.45) is 0 Å². The molecule has 2 N–H and O–H groups in total. The monoisotopic (exact) mass is 462 g/mol. The number of carboxylic acids is 1.